The molecule has 3 heterocycles. The molecule has 0 aliphatic carbocycles. The molecule has 1 N–H and O–H groups in total. The van der Waals surface area contributed by atoms with Crippen LogP contribution in [-0.2, 0) is 16.0 Å². The zero-order valence-electron chi connectivity index (χ0n) is 16.2. The third-order valence-electron chi connectivity index (χ3n) is 5.71. The van der Waals surface area contributed by atoms with Crippen LogP contribution in [0.3, 0.4) is 0 Å². The van der Waals surface area contributed by atoms with Crippen LogP contribution < -0.4 is 0 Å². The molecule has 4 rings (SSSR count). The number of carbonyl (C=O) groups is 2. The first-order chi connectivity index (χ1) is 13.5. The zero-order chi connectivity index (χ0) is 19.8. The van der Waals surface area contributed by atoms with Gasteiger partial charge in [-0.25, -0.2) is 9.50 Å². The molecule has 1 saturated heterocycles. The second-order valence-corrected chi connectivity index (χ2v) is 7.49. The summed E-state index contributed by atoms with van der Waals surface area (Å²) in [5, 5.41) is 14.7. The quantitative estimate of drug-likeness (QED) is 0.735. The molecule has 1 amide bonds. The molecule has 0 spiro atoms. The molecule has 28 heavy (non-hydrogen) atoms. The summed E-state index contributed by atoms with van der Waals surface area (Å²) in [4.78, 5) is 30.3. The van der Waals surface area contributed by atoms with E-state index in [2.05, 4.69) is 5.10 Å². The van der Waals surface area contributed by atoms with E-state index in [0.717, 1.165) is 46.3 Å². The zero-order valence-corrected chi connectivity index (χ0v) is 16.2. The van der Waals surface area contributed by atoms with Crippen LogP contribution in [0.4, 0.5) is 0 Å². The SMILES string of the molecule is Cc1nc2c3ccccc3nn2c(C)c1CCC(=O)N1CCCC1CC(=O)O. The van der Waals surface area contributed by atoms with Crippen molar-refractivity contribution in [3.05, 3.63) is 41.2 Å². The van der Waals surface area contributed by atoms with Crippen LogP contribution in [0, 0.1) is 13.8 Å². The van der Waals surface area contributed by atoms with E-state index in [1.165, 1.54) is 0 Å². The Kier molecular flexibility index (Phi) is 4.75. The maximum absolute atomic E-state index is 12.7. The summed E-state index contributed by atoms with van der Waals surface area (Å²) in [6.07, 6.45) is 2.59. The lowest BCUT2D eigenvalue weighted by atomic mass is 10.1. The number of aliphatic carboxylic acids is 1. The normalized spacial score (nSPS) is 16.9. The Bertz CT molecular complexity index is 1070. The highest BCUT2D eigenvalue weighted by Crippen LogP contribution is 2.25. The third kappa shape index (κ3) is 3.21. The molecule has 7 heteroatoms. The van der Waals surface area contributed by atoms with E-state index in [9.17, 15) is 9.59 Å². The van der Waals surface area contributed by atoms with Crippen molar-refractivity contribution in [1.82, 2.24) is 19.5 Å². The van der Waals surface area contributed by atoms with Gasteiger partial charge in [0.05, 0.1) is 11.9 Å². The number of aryl methyl sites for hydroxylation is 2. The molecule has 1 aliphatic rings. The van der Waals surface area contributed by atoms with Crippen LogP contribution in [-0.4, -0.2) is 49.1 Å². The van der Waals surface area contributed by atoms with Crippen molar-refractivity contribution in [2.75, 3.05) is 6.54 Å². The van der Waals surface area contributed by atoms with Crippen LogP contribution >= 0.6 is 0 Å². The lowest BCUT2D eigenvalue weighted by molar-refractivity contribution is -0.139. The Morgan fingerprint density at radius 2 is 2.04 bits per heavy atom. The smallest absolute Gasteiger partial charge is 0.305 e. The largest absolute Gasteiger partial charge is 0.481 e. The minimum absolute atomic E-state index is 0.0215. The molecule has 0 bridgehead atoms. The summed E-state index contributed by atoms with van der Waals surface area (Å²) in [7, 11) is 0. The molecule has 1 aliphatic heterocycles. The van der Waals surface area contributed by atoms with Gasteiger partial charge in [0.1, 0.15) is 0 Å². The first-order valence-electron chi connectivity index (χ1n) is 9.70. The first-order valence-corrected chi connectivity index (χ1v) is 9.70. The van der Waals surface area contributed by atoms with Crippen molar-refractivity contribution in [2.24, 2.45) is 0 Å². The highest BCUT2D eigenvalue weighted by molar-refractivity contribution is 5.92. The minimum Gasteiger partial charge on any atom is -0.481 e. The Morgan fingerprint density at radius 1 is 1.25 bits per heavy atom. The van der Waals surface area contributed by atoms with Gasteiger partial charge < -0.3 is 10.0 Å². The number of carbonyl (C=O) groups excluding carboxylic acids is 1. The van der Waals surface area contributed by atoms with Gasteiger partial charge >= 0.3 is 5.97 Å². The van der Waals surface area contributed by atoms with E-state index in [1.807, 2.05) is 42.6 Å². The number of aromatic nitrogens is 3. The van der Waals surface area contributed by atoms with Crippen molar-refractivity contribution in [3.8, 4) is 0 Å². The van der Waals surface area contributed by atoms with Gasteiger partial charge in [-0.3, -0.25) is 9.59 Å². The second-order valence-electron chi connectivity index (χ2n) is 7.49. The molecular weight excluding hydrogens is 356 g/mol. The van der Waals surface area contributed by atoms with E-state index in [4.69, 9.17) is 10.1 Å². The molecule has 1 atom stereocenters. The topological polar surface area (TPSA) is 87.8 Å². The Morgan fingerprint density at radius 3 is 2.82 bits per heavy atom. The van der Waals surface area contributed by atoms with Crippen LogP contribution in [0.25, 0.3) is 16.6 Å². The summed E-state index contributed by atoms with van der Waals surface area (Å²) in [5.74, 6) is -0.829. The van der Waals surface area contributed by atoms with Gasteiger partial charge in [0.15, 0.2) is 5.65 Å². The maximum atomic E-state index is 12.7. The van der Waals surface area contributed by atoms with E-state index in [0.29, 0.717) is 19.4 Å². The Labute approximate surface area is 163 Å². The Hall–Kier alpha value is -2.96. The Balaban J connectivity index is 1.57. The number of likely N-dealkylation sites (tertiary alicyclic amines) is 1. The number of nitrogens with zero attached hydrogens (tertiary/aromatic N) is 4. The molecule has 1 aromatic carbocycles. The predicted octanol–water partition coefficient (Wildman–Crippen LogP) is 2.90. The summed E-state index contributed by atoms with van der Waals surface area (Å²) in [6, 6.07) is 7.75. The number of carboxylic acid groups (broad SMARTS) is 1. The van der Waals surface area contributed by atoms with Crippen molar-refractivity contribution in [3.63, 3.8) is 0 Å². The average Bonchev–Trinajstić information content (AvgIpc) is 3.26. The number of hydrogen-bond acceptors (Lipinski definition) is 4. The monoisotopic (exact) mass is 380 g/mol. The van der Waals surface area contributed by atoms with Crippen molar-refractivity contribution < 1.29 is 14.7 Å². The molecule has 3 aromatic rings. The van der Waals surface area contributed by atoms with Crippen LogP contribution in [0.2, 0.25) is 0 Å². The summed E-state index contributed by atoms with van der Waals surface area (Å²) >= 11 is 0. The number of amides is 1. The summed E-state index contributed by atoms with van der Waals surface area (Å²) in [5.41, 5.74) is 4.67. The van der Waals surface area contributed by atoms with Crippen LogP contribution in [0.5, 0.6) is 0 Å². The average molecular weight is 380 g/mol. The van der Waals surface area contributed by atoms with Gasteiger partial charge in [-0.15, -0.1) is 0 Å². The van der Waals surface area contributed by atoms with Crippen LogP contribution in [0.1, 0.15) is 42.6 Å². The van der Waals surface area contributed by atoms with E-state index >= 15 is 0 Å². The fourth-order valence-corrected chi connectivity index (χ4v) is 4.29. The van der Waals surface area contributed by atoms with Gasteiger partial charge in [-0.1, -0.05) is 12.1 Å². The second kappa shape index (κ2) is 7.22. The molecule has 146 valence electrons. The molecule has 1 fully saturated rings. The molecule has 7 nitrogen and oxygen atoms in total. The van der Waals surface area contributed by atoms with Gasteiger partial charge in [-0.2, -0.15) is 5.10 Å². The fraction of sp³-hybridized carbons (Fsp3) is 0.429. The highest BCUT2D eigenvalue weighted by atomic mass is 16.4. The molecule has 0 radical (unpaired) electrons. The van der Waals surface area contributed by atoms with Gasteiger partial charge in [0.2, 0.25) is 5.91 Å². The van der Waals surface area contributed by atoms with Crippen molar-refractivity contribution in [2.45, 2.75) is 52.0 Å². The lowest BCUT2D eigenvalue weighted by Crippen LogP contribution is -2.37. The van der Waals surface area contributed by atoms with Crippen molar-refractivity contribution >= 4 is 28.4 Å². The summed E-state index contributed by atoms with van der Waals surface area (Å²) < 4.78 is 1.86. The number of benzene rings is 1. The van der Waals surface area contributed by atoms with Crippen LogP contribution in [0.15, 0.2) is 24.3 Å². The van der Waals surface area contributed by atoms with E-state index in [-0.39, 0.29) is 18.4 Å². The minimum atomic E-state index is -0.850. The van der Waals surface area contributed by atoms with E-state index in [1.54, 1.807) is 4.90 Å². The molecular formula is C21H24N4O3. The number of rotatable bonds is 5. The third-order valence-corrected chi connectivity index (χ3v) is 5.71. The van der Waals surface area contributed by atoms with Crippen molar-refractivity contribution in [1.29, 1.82) is 0 Å². The molecule has 2 aromatic heterocycles. The highest BCUT2D eigenvalue weighted by Gasteiger charge is 2.30. The number of fused-ring (bicyclic) bond motifs is 3. The molecule has 1 unspecified atom stereocenters. The maximum Gasteiger partial charge on any atom is 0.305 e. The first kappa shape index (κ1) is 18.4. The standard InChI is InChI=1S/C21H24N4O3/c1-13-16(9-10-19(26)24-11-5-6-15(24)12-20(27)28)14(2)25-21(22-13)17-7-3-4-8-18(17)23-25/h3-4,7-8,15H,5-6,9-12H2,1-2H3,(H,27,28). The summed E-state index contributed by atoms with van der Waals surface area (Å²) in [6.45, 7) is 4.63. The van der Waals surface area contributed by atoms with Gasteiger partial charge in [0.25, 0.3) is 0 Å². The predicted molar refractivity (Wildman–Crippen MR) is 105 cm³/mol. The number of hydrogen-bond donors (Lipinski definition) is 1. The van der Waals surface area contributed by atoms with Gasteiger partial charge in [0, 0.05) is 35.8 Å². The number of carboxylic acids is 1. The molecule has 0 saturated carbocycles. The van der Waals surface area contributed by atoms with E-state index < -0.39 is 5.97 Å². The fourth-order valence-electron chi connectivity index (χ4n) is 4.29. The lowest BCUT2D eigenvalue weighted by Gasteiger charge is -2.23. The van der Waals surface area contributed by atoms with Gasteiger partial charge in [-0.05, 0) is 50.8 Å².